The van der Waals surface area contributed by atoms with Gasteiger partial charge in [0.15, 0.2) is 0 Å². The number of hydrogen-bond donors (Lipinski definition) is 3. The van der Waals surface area contributed by atoms with E-state index < -0.39 is 29.5 Å². The summed E-state index contributed by atoms with van der Waals surface area (Å²) in [7, 11) is 0. The van der Waals surface area contributed by atoms with Gasteiger partial charge in [-0.25, -0.2) is 4.79 Å². The molecule has 2 rings (SSSR count). The number of aliphatic hydroxyl groups excluding tert-OH is 1. The van der Waals surface area contributed by atoms with Crippen LogP contribution in [0, 0.1) is 0 Å². The Bertz CT molecular complexity index is 555. The van der Waals surface area contributed by atoms with Crippen LogP contribution in [0.25, 0.3) is 0 Å². The van der Waals surface area contributed by atoms with E-state index in [0.29, 0.717) is 19.3 Å². The van der Waals surface area contributed by atoms with Crippen molar-refractivity contribution in [2.24, 2.45) is 11.5 Å². The first-order chi connectivity index (χ1) is 11.5. The van der Waals surface area contributed by atoms with Crippen LogP contribution in [0.1, 0.15) is 44.1 Å². The highest BCUT2D eigenvalue weighted by Crippen LogP contribution is 2.42. The van der Waals surface area contributed by atoms with Gasteiger partial charge in [-0.3, -0.25) is 4.79 Å². The molecule has 2 atom stereocenters. The number of nitrogens with two attached hydrogens (primary N) is 2. The zero-order valence-electron chi connectivity index (χ0n) is 13.8. The normalized spacial score (nSPS) is 18.8. The van der Waals surface area contributed by atoms with Crippen molar-refractivity contribution in [1.29, 1.82) is 0 Å². The number of hydrogen-bond acceptors (Lipinski definition) is 6. The Hall–Kier alpha value is -1.76. The third kappa shape index (κ3) is 4.20. The van der Waals surface area contributed by atoms with E-state index >= 15 is 0 Å². The van der Waals surface area contributed by atoms with Gasteiger partial charge in [-0.05, 0) is 31.2 Å². The van der Waals surface area contributed by atoms with Crippen molar-refractivity contribution in [1.82, 2.24) is 0 Å². The molecule has 1 aliphatic rings. The Balaban J connectivity index is 2.02. The summed E-state index contributed by atoms with van der Waals surface area (Å²) in [5.74, 6) is -1.27. The Morgan fingerprint density at radius 2 is 1.79 bits per heavy atom. The summed E-state index contributed by atoms with van der Waals surface area (Å²) >= 11 is 0. The minimum atomic E-state index is -0.940. The SMILES string of the molecule is NCC(O)CC[C@H](N)C(=O)OC(=O)C1(c2ccccc2)CCCC1. The molecule has 1 saturated carbocycles. The molecule has 1 fully saturated rings. The van der Waals surface area contributed by atoms with Crippen LogP contribution in [0.15, 0.2) is 30.3 Å². The van der Waals surface area contributed by atoms with E-state index in [4.69, 9.17) is 16.2 Å². The average molecular weight is 334 g/mol. The fourth-order valence-corrected chi connectivity index (χ4v) is 3.22. The third-order valence-corrected chi connectivity index (χ3v) is 4.75. The molecular formula is C18H26N2O4. The van der Waals surface area contributed by atoms with Crippen LogP contribution in [-0.4, -0.2) is 35.7 Å². The summed E-state index contributed by atoms with van der Waals surface area (Å²) in [6, 6.07) is 8.50. The second kappa shape index (κ2) is 8.37. The maximum absolute atomic E-state index is 12.7. The monoisotopic (exact) mass is 334 g/mol. The fourth-order valence-electron chi connectivity index (χ4n) is 3.22. The Morgan fingerprint density at radius 3 is 2.38 bits per heavy atom. The van der Waals surface area contributed by atoms with Crippen LogP contribution < -0.4 is 11.5 Å². The van der Waals surface area contributed by atoms with E-state index in [1.54, 1.807) is 0 Å². The van der Waals surface area contributed by atoms with Gasteiger partial charge in [0, 0.05) is 6.54 Å². The second-order valence-corrected chi connectivity index (χ2v) is 6.44. The van der Waals surface area contributed by atoms with Crippen LogP contribution in [0.2, 0.25) is 0 Å². The molecule has 1 unspecified atom stereocenters. The first-order valence-electron chi connectivity index (χ1n) is 8.45. The third-order valence-electron chi connectivity index (χ3n) is 4.75. The summed E-state index contributed by atoms with van der Waals surface area (Å²) in [6.07, 6.45) is 3.01. The predicted molar refractivity (Wildman–Crippen MR) is 90.0 cm³/mol. The Kier molecular flexibility index (Phi) is 6.48. The van der Waals surface area contributed by atoms with Crippen LogP contribution >= 0.6 is 0 Å². The molecule has 0 radical (unpaired) electrons. The second-order valence-electron chi connectivity index (χ2n) is 6.44. The van der Waals surface area contributed by atoms with E-state index in [9.17, 15) is 14.7 Å². The van der Waals surface area contributed by atoms with E-state index in [1.807, 2.05) is 30.3 Å². The topological polar surface area (TPSA) is 116 Å². The molecule has 0 aromatic heterocycles. The van der Waals surface area contributed by atoms with Crippen molar-refractivity contribution >= 4 is 11.9 Å². The molecule has 132 valence electrons. The van der Waals surface area contributed by atoms with Gasteiger partial charge in [-0.15, -0.1) is 0 Å². The maximum atomic E-state index is 12.7. The summed E-state index contributed by atoms with van der Waals surface area (Å²) in [5, 5.41) is 9.43. The van der Waals surface area contributed by atoms with E-state index in [2.05, 4.69) is 0 Å². The molecule has 0 saturated heterocycles. The summed E-state index contributed by atoms with van der Waals surface area (Å²) in [5.41, 5.74) is 11.2. The lowest BCUT2D eigenvalue weighted by molar-refractivity contribution is -0.165. The van der Waals surface area contributed by atoms with Gasteiger partial charge in [0.1, 0.15) is 6.04 Å². The largest absolute Gasteiger partial charge is 0.392 e. The van der Waals surface area contributed by atoms with Gasteiger partial charge < -0.3 is 21.3 Å². The van der Waals surface area contributed by atoms with Gasteiger partial charge in [-0.2, -0.15) is 0 Å². The average Bonchev–Trinajstić information content (AvgIpc) is 3.11. The van der Waals surface area contributed by atoms with E-state index in [1.165, 1.54) is 0 Å². The number of rotatable bonds is 7. The molecule has 0 bridgehead atoms. The predicted octanol–water partition coefficient (Wildman–Crippen LogP) is 0.995. The number of carbonyl (C=O) groups excluding carboxylic acids is 2. The first kappa shape index (κ1) is 18.6. The van der Waals surface area contributed by atoms with Crippen molar-refractivity contribution in [2.45, 2.75) is 56.1 Å². The number of ether oxygens (including phenoxy) is 1. The lowest BCUT2D eigenvalue weighted by Gasteiger charge is -2.27. The highest BCUT2D eigenvalue weighted by molar-refractivity contribution is 5.94. The van der Waals surface area contributed by atoms with Gasteiger partial charge in [0.05, 0.1) is 11.5 Å². The van der Waals surface area contributed by atoms with Crippen LogP contribution in [0.5, 0.6) is 0 Å². The van der Waals surface area contributed by atoms with Crippen molar-refractivity contribution in [3.63, 3.8) is 0 Å². The van der Waals surface area contributed by atoms with Gasteiger partial charge >= 0.3 is 11.9 Å². The molecular weight excluding hydrogens is 308 g/mol. The summed E-state index contributed by atoms with van der Waals surface area (Å²) in [6.45, 7) is 0.109. The first-order valence-corrected chi connectivity index (χ1v) is 8.45. The maximum Gasteiger partial charge on any atom is 0.330 e. The number of aliphatic hydroxyl groups is 1. The smallest absolute Gasteiger partial charge is 0.330 e. The minimum Gasteiger partial charge on any atom is -0.392 e. The Labute approximate surface area is 142 Å². The van der Waals surface area contributed by atoms with Crippen molar-refractivity contribution in [3.05, 3.63) is 35.9 Å². The molecule has 0 aliphatic heterocycles. The fraction of sp³-hybridized carbons (Fsp3) is 0.556. The highest BCUT2D eigenvalue weighted by Gasteiger charge is 2.45. The van der Waals surface area contributed by atoms with Crippen LogP contribution in [-0.2, 0) is 19.7 Å². The highest BCUT2D eigenvalue weighted by atomic mass is 16.6. The molecule has 6 nitrogen and oxygen atoms in total. The minimum absolute atomic E-state index is 0.109. The summed E-state index contributed by atoms with van der Waals surface area (Å²) < 4.78 is 5.10. The van der Waals surface area contributed by atoms with Gasteiger partial charge in [0.2, 0.25) is 0 Å². The van der Waals surface area contributed by atoms with Gasteiger partial charge in [0.25, 0.3) is 0 Å². The number of benzene rings is 1. The lowest BCUT2D eigenvalue weighted by Crippen LogP contribution is -2.41. The molecule has 0 amide bonds. The molecule has 0 spiro atoms. The molecule has 6 heteroatoms. The standard InChI is InChI=1S/C18H26N2O4/c19-12-14(21)8-9-15(20)16(22)24-17(23)18(10-4-5-11-18)13-6-2-1-3-7-13/h1-3,6-7,14-15,21H,4-5,8-12,19-20H2/t14?,15-/m0/s1. The molecule has 1 aliphatic carbocycles. The van der Waals surface area contributed by atoms with Crippen molar-refractivity contribution in [2.75, 3.05) is 6.54 Å². The molecule has 1 aromatic carbocycles. The van der Waals surface area contributed by atoms with E-state index in [0.717, 1.165) is 18.4 Å². The van der Waals surface area contributed by atoms with Crippen molar-refractivity contribution in [3.8, 4) is 0 Å². The molecule has 0 heterocycles. The van der Waals surface area contributed by atoms with Crippen molar-refractivity contribution < 1.29 is 19.4 Å². The molecule has 1 aromatic rings. The zero-order valence-corrected chi connectivity index (χ0v) is 13.8. The summed E-state index contributed by atoms with van der Waals surface area (Å²) in [4.78, 5) is 24.8. The van der Waals surface area contributed by atoms with Crippen LogP contribution in [0.3, 0.4) is 0 Å². The quantitative estimate of drug-likeness (QED) is 0.506. The van der Waals surface area contributed by atoms with Crippen LogP contribution in [0.4, 0.5) is 0 Å². The lowest BCUT2D eigenvalue weighted by atomic mass is 9.79. The zero-order chi connectivity index (χ0) is 17.6. The molecule has 24 heavy (non-hydrogen) atoms. The van der Waals surface area contributed by atoms with Gasteiger partial charge in [-0.1, -0.05) is 43.2 Å². The van der Waals surface area contributed by atoms with E-state index in [-0.39, 0.29) is 13.0 Å². The molecule has 5 N–H and O–H groups in total. The number of carbonyl (C=O) groups is 2. The number of esters is 2. The Morgan fingerprint density at radius 1 is 1.17 bits per heavy atom.